The SMILES string of the molecule is c1cc2nc(n1)OCCO2. The van der Waals surface area contributed by atoms with Crippen molar-refractivity contribution in [3.8, 4) is 11.9 Å². The number of hydrogen-bond donors (Lipinski definition) is 0. The molecule has 0 aromatic carbocycles. The fraction of sp³-hybridized carbons (Fsp3) is 0.333. The van der Waals surface area contributed by atoms with Gasteiger partial charge in [-0.25, -0.2) is 4.98 Å². The van der Waals surface area contributed by atoms with Crippen LogP contribution in [0.1, 0.15) is 0 Å². The molecular formula is C6H6N2O2. The molecule has 0 radical (unpaired) electrons. The van der Waals surface area contributed by atoms with Gasteiger partial charge in [-0.1, -0.05) is 0 Å². The third-order valence-electron chi connectivity index (χ3n) is 1.17. The van der Waals surface area contributed by atoms with Crippen LogP contribution in [0.2, 0.25) is 0 Å². The summed E-state index contributed by atoms with van der Waals surface area (Å²) < 4.78 is 10.2. The molecule has 2 rings (SSSR count). The van der Waals surface area contributed by atoms with Crippen LogP contribution >= 0.6 is 0 Å². The van der Waals surface area contributed by atoms with Crippen LogP contribution in [-0.4, -0.2) is 23.2 Å². The van der Waals surface area contributed by atoms with E-state index in [1.165, 1.54) is 0 Å². The Kier molecular flexibility index (Phi) is 1.16. The summed E-state index contributed by atoms with van der Waals surface area (Å²) in [6.45, 7) is 1.07. The van der Waals surface area contributed by atoms with Crippen molar-refractivity contribution in [3.05, 3.63) is 12.3 Å². The molecule has 1 aliphatic rings. The summed E-state index contributed by atoms with van der Waals surface area (Å²) >= 11 is 0. The van der Waals surface area contributed by atoms with Gasteiger partial charge in [0.2, 0.25) is 5.88 Å². The lowest BCUT2D eigenvalue weighted by atomic mass is 10.6. The summed E-state index contributed by atoms with van der Waals surface area (Å²) in [5.41, 5.74) is 0. The molecule has 0 spiro atoms. The molecule has 2 bridgehead atoms. The summed E-state index contributed by atoms with van der Waals surface area (Å²) in [5.74, 6) is 0.586. The summed E-state index contributed by atoms with van der Waals surface area (Å²) in [6.07, 6.45) is 1.61. The minimum Gasteiger partial charge on any atom is -0.474 e. The van der Waals surface area contributed by atoms with E-state index < -0.39 is 0 Å². The van der Waals surface area contributed by atoms with E-state index in [-0.39, 0.29) is 0 Å². The lowest BCUT2D eigenvalue weighted by molar-refractivity contribution is 0.228. The molecule has 1 aromatic rings. The first kappa shape index (κ1) is 5.46. The van der Waals surface area contributed by atoms with Crippen molar-refractivity contribution in [3.63, 3.8) is 0 Å². The largest absolute Gasteiger partial charge is 0.474 e. The number of rotatable bonds is 0. The molecule has 0 N–H and O–H groups in total. The van der Waals surface area contributed by atoms with Crippen molar-refractivity contribution in [2.45, 2.75) is 0 Å². The van der Waals surface area contributed by atoms with Gasteiger partial charge in [-0.05, 0) is 0 Å². The van der Waals surface area contributed by atoms with Crippen molar-refractivity contribution in [2.24, 2.45) is 0 Å². The Balaban J connectivity index is 2.41. The number of aromatic nitrogens is 2. The summed E-state index contributed by atoms with van der Waals surface area (Å²) in [4.78, 5) is 7.77. The molecule has 2 heterocycles. The van der Waals surface area contributed by atoms with E-state index >= 15 is 0 Å². The summed E-state index contributed by atoms with van der Waals surface area (Å²) in [5, 5.41) is 0. The van der Waals surface area contributed by atoms with Gasteiger partial charge in [0.05, 0.1) is 0 Å². The topological polar surface area (TPSA) is 44.2 Å². The minimum atomic E-state index is 0.398. The summed E-state index contributed by atoms with van der Waals surface area (Å²) in [6, 6.07) is 2.10. The second kappa shape index (κ2) is 2.13. The molecule has 0 amide bonds. The van der Waals surface area contributed by atoms with Gasteiger partial charge >= 0.3 is 6.01 Å². The van der Waals surface area contributed by atoms with E-state index in [9.17, 15) is 0 Å². The van der Waals surface area contributed by atoms with Gasteiger partial charge in [0.1, 0.15) is 13.2 Å². The monoisotopic (exact) mass is 138 g/mol. The van der Waals surface area contributed by atoms with Crippen molar-refractivity contribution in [1.82, 2.24) is 9.97 Å². The molecule has 0 aliphatic carbocycles. The molecule has 0 fully saturated rings. The first-order valence-electron chi connectivity index (χ1n) is 3.04. The fourth-order valence-electron chi connectivity index (χ4n) is 0.754. The highest BCUT2D eigenvalue weighted by Gasteiger charge is 2.05. The van der Waals surface area contributed by atoms with Gasteiger partial charge in [-0.3, -0.25) is 0 Å². The van der Waals surface area contributed by atoms with Gasteiger partial charge < -0.3 is 9.47 Å². The van der Waals surface area contributed by atoms with Crippen LogP contribution in [0.25, 0.3) is 0 Å². The maximum Gasteiger partial charge on any atom is 0.319 e. The quantitative estimate of drug-likeness (QED) is 0.515. The van der Waals surface area contributed by atoms with Gasteiger partial charge in [0.25, 0.3) is 0 Å². The zero-order valence-electron chi connectivity index (χ0n) is 5.28. The molecule has 1 aromatic heterocycles. The summed E-state index contributed by atoms with van der Waals surface area (Å²) in [7, 11) is 0. The smallest absolute Gasteiger partial charge is 0.319 e. The lowest BCUT2D eigenvalue weighted by Gasteiger charge is -1.95. The van der Waals surface area contributed by atoms with E-state index in [2.05, 4.69) is 9.97 Å². The number of nitrogens with zero attached hydrogens (tertiary/aromatic N) is 2. The standard InChI is InChI=1S/C6H6N2O2/c1-2-7-6-8-5(1)9-3-4-10-6/h1-2H,3-4H2. The Bertz CT molecular complexity index is 218. The lowest BCUT2D eigenvalue weighted by Crippen LogP contribution is -2.05. The molecule has 4 nitrogen and oxygen atoms in total. The van der Waals surface area contributed by atoms with Gasteiger partial charge in [-0.15, -0.1) is 0 Å². The van der Waals surface area contributed by atoms with Crippen LogP contribution in [0, 0.1) is 0 Å². The number of fused-ring (bicyclic) bond motifs is 2. The predicted molar refractivity (Wildman–Crippen MR) is 33.0 cm³/mol. The molecule has 0 saturated heterocycles. The average Bonchev–Trinajstić information content (AvgIpc) is 2.12. The Labute approximate surface area is 57.8 Å². The van der Waals surface area contributed by atoms with Gasteiger partial charge in [-0.2, -0.15) is 4.98 Å². The average molecular weight is 138 g/mol. The fourth-order valence-corrected chi connectivity index (χ4v) is 0.754. The van der Waals surface area contributed by atoms with E-state index in [1.54, 1.807) is 12.3 Å². The molecule has 1 aliphatic heterocycles. The van der Waals surface area contributed by atoms with Gasteiger partial charge in [0.15, 0.2) is 0 Å². The molecule has 52 valence electrons. The molecule has 0 unspecified atom stereocenters. The highest BCUT2D eigenvalue weighted by molar-refractivity contribution is 5.11. The Morgan fingerprint density at radius 2 is 2.20 bits per heavy atom. The highest BCUT2D eigenvalue weighted by Crippen LogP contribution is 2.12. The van der Waals surface area contributed by atoms with Gasteiger partial charge in [0, 0.05) is 12.3 Å². The first-order valence-corrected chi connectivity index (χ1v) is 3.04. The zero-order chi connectivity index (χ0) is 6.81. The van der Waals surface area contributed by atoms with Crippen LogP contribution in [0.4, 0.5) is 0 Å². The highest BCUT2D eigenvalue weighted by atomic mass is 16.5. The predicted octanol–water partition coefficient (Wildman–Crippen LogP) is 0.248. The van der Waals surface area contributed by atoms with Crippen molar-refractivity contribution in [1.29, 1.82) is 0 Å². The first-order chi connectivity index (χ1) is 4.95. The van der Waals surface area contributed by atoms with Crippen molar-refractivity contribution in [2.75, 3.05) is 13.2 Å². The van der Waals surface area contributed by atoms with E-state index in [0.29, 0.717) is 25.1 Å². The van der Waals surface area contributed by atoms with E-state index in [4.69, 9.17) is 9.47 Å². The molecule has 0 saturated carbocycles. The third kappa shape index (κ3) is 0.877. The number of ether oxygens (including phenoxy) is 2. The Morgan fingerprint density at radius 3 is 3.20 bits per heavy atom. The maximum absolute atomic E-state index is 5.13. The second-order valence-corrected chi connectivity index (χ2v) is 1.87. The minimum absolute atomic E-state index is 0.398. The van der Waals surface area contributed by atoms with Crippen LogP contribution in [0.15, 0.2) is 12.3 Å². The number of hydrogen-bond acceptors (Lipinski definition) is 4. The second-order valence-electron chi connectivity index (χ2n) is 1.87. The van der Waals surface area contributed by atoms with Crippen molar-refractivity contribution >= 4 is 0 Å². The zero-order valence-corrected chi connectivity index (χ0v) is 5.28. The normalized spacial score (nSPS) is 14.8. The van der Waals surface area contributed by atoms with E-state index in [0.717, 1.165) is 0 Å². The van der Waals surface area contributed by atoms with Crippen LogP contribution in [0.3, 0.4) is 0 Å². The third-order valence-corrected chi connectivity index (χ3v) is 1.17. The molecule has 10 heavy (non-hydrogen) atoms. The van der Waals surface area contributed by atoms with Crippen molar-refractivity contribution < 1.29 is 9.47 Å². The maximum atomic E-state index is 5.13. The van der Waals surface area contributed by atoms with Crippen LogP contribution < -0.4 is 9.47 Å². The van der Waals surface area contributed by atoms with Crippen LogP contribution in [-0.2, 0) is 0 Å². The van der Waals surface area contributed by atoms with Crippen LogP contribution in [0.5, 0.6) is 11.9 Å². The molecule has 0 atom stereocenters. The van der Waals surface area contributed by atoms with E-state index in [1.807, 2.05) is 0 Å². The Hall–Kier alpha value is -1.32. The Morgan fingerprint density at radius 1 is 1.30 bits per heavy atom. The molecule has 4 heteroatoms. The molecular weight excluding hydrogens is 132 g/mol.